The van der Waals surface area contributed by atoms with Crippen LogP contribution in [0.2, 0.25) is 0 Å². The molecule has 1 fully saturated rings. The smallest absolute Gasteiger partial charge is 0.239 e. The molecule has 1 saturated heterocycles. The van der Waals surface area contributed by atoms with E-state index in [-0.39, 0.29) is 23.8 Å². The first kappa shape index (κ1) is 25.4. The number of likely N-dealkylation sites (N-methyl/N-ethyl adjacent to an activating group) is 1. The second kappa shape index (κ2) is 10.5. The first-order chi connectivity index (χ1) is 16.6. The van der Waals surface area contributed by atoms with Crippen molar-refractivity contribution in [2.24, 2.45) is 0 Å². The molecule has 0 bridgehead atoms. The number of carbonyl (C=O) groups excluding carboxylic acids is 1. The summed E-state index contributed by atoms with van der Waals surface area (Å²) in [4.78, 5) is 22.3. The zero-order chi connectivity index (χ0) is 25.2. The highest BCUT2D eigenvalue weighted by Crippen LogP contribution is 2.34. The van der Waals surface area contributed by atoms with Crippen molar-refractivity contribution in [3.8, 4) is 11.3 Å². The van der Waals surface area contributed by atoms with Crippen molar-refractivity contribution in [1.29, 1.82) is 0 Å². The van der Waals surface area contributed by atoms with Gasteiger partial charge in [-0.1, -0.05) is 29.9 Å². The van der Waals surface area contributed by atoms with Gasteiger partial charge in [0.2, 0.25) is 16.0 Å². The molecule has 3 heterocycles. The molecule has 8 nitrogen and oxygen atoms in total. The van der Waals surface area contributed by atoms with Gasteiger partial charge in [0, 0.05) is 37.3 Å². The van der Waals surface area contributed by atoms with Gasteiger partial charge in [0.25, 0.3) is 0 Å². The molecule has 0 aliphatic carbocycles. The molecule has 1 aromatic carbocycles. The number of nitrogens with zero attached hydrogens (tertiary/aromatic N) is 5. The lowest BCUT2D eigenvalue weighted by Crippen LogP contribution is -2.44. The van der Waals surface area contributed by atoms with Crippen LogP contribution in [-0.2, 0) is 4.79 Å². The summed E-state index contributed by atoms with van der Waals surface area (Å²) in [5, 5.41) is 11.9. The quantitative estimate of drug-likeness (QED) is 0.481. The van der Waals surface area contributed by atoms with Gasteiger partial charge in [0.15, 0.2) is 5.82 Å². The maximum absolute atomic E-state index is 13.9. The number of fused-ring (bicyclic) bond motifs is 1. The number of hydrogen-bond donors (Lipinski definition) is 2. The zero-order valence-corrected chi connectivity index (χ0v) is 22.1. The van der Waals surface area contributed by atoms with Gasteiger partial charge in [-0.2, -0.15) is 4.52 Å². The summed E-state index contributed by atoms with van der Waals surface area (Å²) in [5.74, 6) is 0.363. The molecule has 0 spiro atoms. The SMILES string of the molecule is C[C@H]1CCCCN1CCNC(=O)CN(C)c1nn2c(NC(C)(C)C)c(-c3cccc(F)c3)nc2s1. The second-order valence-electron chi connectivity index (χ2n) is 10.4. The molecular formula is C25H36FN7OS. The molecule has 35 heavy (non-hydrogen) atoms. The minimum Gasteiger partial charge on any atom is -0.364 e. The van der Waals surface area contributed by atoms with Crippen molar-refractivity contribution in [1.82, 2.24) is 24.8 Å². The number of piperidine rings is 1. The number of rotatable bonds is 8. The molecular weight excluding hydrogens is 465 g/mol. The maximum Gasteiger partial charge on any atom is 0.239 e. The maximum atomic E-state index is 13.9. The Labute approximate surface area is 210 Å². The Hall–Kier alpha value is -2.72. The minimum absolute atomic E-state index is 0.0292. The molecule has 0 saturated carbocycles. The predicted molar refractivity (Wildman–Crippen MR) is 141 cm³/mol. The van der Waals surface area contributed by atoms with Crippen LogP contribution < -0.4 is 15.5 Å². The first-order valence-electron chi connectivity index (χ1n) is 12.3. The molecule has 3 aromatic rings. The van der Waals surface area contributed by atoms with Gasteiger partial charge in [-0.05, 0) is 59.2 Å². The van der Waals surface area contributed by atoms with Gasteiger partial charge in [0.1, 0.15) is 11.5 Å². The highest BCUT2D eigenvalue weighted by Gasteiger charge is 2.24. The van der Waals surface area contributed by atoms with Gasteiger partial charge in [-0.25, -0.2) is 9.37 Å². The molecule has 0 radical (unpaired) electrons. The molecule has 1 atom stereocenters. The number of nitrogens with one attached hydrogen (secondary N) is 2. The highest BCUT2D eigenvalue weighted by atomic mass is 32.1. The Morgan fingerprint density at radius 2 is 2.11 bits per heavy atom. The van der Waals surface area contributed by atoms with E-state index in [1.807, 2.05) is 18.0 Å². The Morgan fingerprint density at radius 1 is 1.31 bits per heavy atom. The lowest BCUT2D eigenvalue weighted by atomic mass is 10.0. The van der Waals surface area contributed by atoms with Crippen LogP contribution in [0.5, 0.6) is 0 Å². The van der Waals surface area contributed by atoms with Crippen molar-refractivity contribution in [3.05, 3.63) is 30.1 Å². The number of anilines is 2. The number of hydrogen-bond acceptors (Lipinski definition) is 7. The summed E-state index contributed by atoms with van der Waals surface area (Å²) in [6, 6.07) is 6.99. The number of carbonyl (C=O) groups is 1. The van der Waals surface area contributed by atoms with E-state index < -0.39 is 0 Å². The van der Waals surface area contributed by atoms with Crippen LogP contribution in [0.25, 0.3) is 16.2 Å². The van der Waals surface area contributed by atoms with Gasteiger partial charge >= 0.3 is 0 Å². The van der Waals surface area contributed by atoms with Gasteiger partial charge in [-0.15, -0.1) is 5.10 Å². The molecule has 0 unspecified atom stereocenters. The summed E-state index contributed by atoms with van der Waals surface area (Å²) in [7, 11) is 1.86. The molecule has 2 aromatic heterocycles. The third-order valence-electron chi connectivity index (χ3n) is 6.15. The molecule has 2 N–H and O–H groups in total. The summed E-state index contributed by atoms with van der Waals surface area (Å²) in [6.07, 6.45) is 3.76. The fourth-order valence-corrected chi connectivity index (χ4v) is 5.23. The standard InChI is InChI=1S/C25H36FN7OS/c1-17-9-6-7-13-32(17)14-12-27-20(34)16-31(5)24-30-33-22(29-25(2,3)4)21(28-23(33)35-24)18-10-8-11-19(26)15-18/h8,10-11,15,17,29H,6-7,9,12-14,16H2,1-5H3,(H,27,34)/t17-/m0/s1. The van der Waals surface area contributed by atoms with Crippen LogP contribution in [0.4, 0.5) is 15.3 Å². The Bertz CT molecular complexity index is 1170. The highest BCUT2D eigenvalue weighted by molar-refractivity contribution is 7.20. The normalized spacial score (nSPS) is 17.0. The average Bonchev–Trinajstić information content (AvgIpc) is 3.34. The molecule has 1 aliphatic heterocycles. The third kappa shape index (κ3) is 6.29. The number of likely N-dealkylation sites (tertiary alicyclic amines) is 1. The van der Waals surface area contributed by atoms with Crippen molar-refractivity contribution in [3.63, 3.8) is 0 Å². The van der Waals surface area contributed by atoms with E-state index in [0.717, 1.165) is 13.1 Å². The lowest BCUT2D eigenvalue weighted by Gasteiger charge is -2.33. The van der Waals surface area contributed by atoms with Crippen molar-refractivity contribution in [2.45, 2.75) is 58.5 Å². The average molecular weight is 502 g/mol. The summed E-state index contributed by atoms with van der Waals surface area (Å²) in [5.41, 5.74) is 1.09. The summed E-state index contributed by atoms with van der Waals surface area (Å²) in [6.45, 7) is 11.3. The number of aromatic nitrogens is 3. The van der Waals surface area contributed by atoms with Crippen LogP contribution in [0.1, 0.15) is 47.0 Å². The second-order valence-corrected chi connectivity index (χ2v) is 11.3. The topological polar surface area (TPSA) is 77.8 Å². The number of benzene rings is 1. The minimum atomic E-state index is -0.310. The molecule has 4 rings (SSSR count). The van der Waals surface area contributed by atoms with E-state index >= 15 is 0 Å². The molecule has 1 amide bonds. The van der Waals surface area contributed by atoms with E-state index in [9.17, 15) is 9.18 Å². The van der Waals surface area contributed by atoms with Gasteiger partial charge in [-0.3, -0.25) is 9.69 Å². The number of halogens is 1. The predicted octanol–water partition coefficient (Wildman–Crippen LogP) is 4.23. The number of amides is 1. The van der Waals surface area contributed by atoms with Crippen LogP contribution in [0.15, 0.2) is 24.3 Å². The monoisotopic (exact) mass is 501 g/mol. The first-order valence-corrected chi connectivity index (χ1v) is 13.1. The lowest BCUT2D eigenvalue weighted by molar-refractivity contribution is -0.119. The van der Waals surface area contributed by atoms with E-state index in [1.165, 1.54) is 42.7 Å². The van der Waals surface area contributed by atoms with Crippen molar-refractivity contribution < 1.29 is 9.18 Å². The Balaban J connectivity index is 1.46. The largest absolute Gasteiger partial charge is 0.364 e. The summed E-state index contributed by atoms with van der Waals surface area (Å²) >= 11 is 1.40. The van der Waals surface area contributed by atoms with Crippen LogP contribution in [-0.4, -0.2) is 70.2 Å². The Kier molecular flexibility index (Phi) is 7.61. The third-order valence-corrected chi connectivity index (χ3v) is 7.18. The van der Waals surface area contributed by atoms with Crippen molar-refractivity contribution in [2.75, 3.05) is 43.4 Å². The van der Waals surface area contributed by atoms with E-state index in [0.29, 0.717) is 39.8 Å². The van der Waals surface area contributed by atoms with E-state index in [1.54, 1.807) is 10.6 Å². The molecule has 10 heteroatoms. The molecule has 190 valence electrons. The fraction of sp³-hybridized carbons (Fsp3) is 0.560. The van der Waals surface area contributed by atoms with Crippen LogP contribution in [0.3, 0.4) is 0 Å². The zero-order valence-electron chi connectivity index (χ0n) is 21.3. The molecule has 1 aliphatic rings. The van der Waals surface area contributed by atoms with Crippen molar-refractivity contribution >= 4 is 33.2 Å². The van der Waals surface area contributed by atoms with E-state index in [4.69, 9.17) is 10.1 Å². The summed E-state index contributed by atoms with van der Waals surface area (Å²) < 4.78 is 15.6. The number of imidazole rings is 1. The Morgan fingerprint density at radius 3 is 2.83 bits per heavy atom. The van der Waals surface area contributed by atoms with Crippen LogP contribution in [0, 0.1) is 5.82 Å². The fourth-order valence-electron chi connectivity index (χ4n) is 4.36. The van der Waals surface area contributed by atoms with Gasteiger partial charge in [0.05, 0.1) is 6.54 Å². The van der Waals surface area contributed by atoms with E-state index in [2.05, 4.69) is 43.2 Å². The van der Waals surface area contributed by atoms with Crippen LogP contribution >= 0.6 is 11.3 Å². The van der Waals surface area contributed by atoms with Gasteiger partial charge < -0.3 is 15.5 Å².